The van der Waals surface area contributed by atoms with Crippen molar-refractivity contribution in [2.75, 3.05) is 13.6 Å². The van der Waals surface area contributed by atoms with Crippen molar-refractivity contribution in [1.82, 2.24) is 4.90 Å². The zero-order chi connectivity index (χ0) is 25.1. The molecule has 186 valence electrons. The molecule has 1 spiro atoms. The Hall–Kier alpha value is -3.21. The van der Waals surface area contributed by atoms with E-state index in [1.807, 2.05) is 19.2 Å². The molecular formula is C25H27NO9. The summed E-state index contributed by atoms with van der Waals surface area (Å²) >= 11 is 0. The van der Waals surface area contributed by atoms with Crippen molar-refractivity contribution in [1.29, 1.82) is 0 Å². The van der Waals surface area contributed by atoms with Crippen molar-refractivity contribution >= 4 is 17.9 Å². The van der Waals surface area contributed by atoms with E-state index in [9.17, 15) is 24.6 Å². The van der Waals surface area contributed by atoms with Crippen molar-refractivity contribution in [3.8, 4) is 5.75 Å². The van der Waals surface area contributed by atoms with Crippen molar-refractivity contribution in [2.45, 2.75) is 62.1 Å². The lowest BCUT2D eigenvalue weighted by molar-refractivity contribution is -0.174. The van der Waals surface area contributed by atoms with Gasteiger partial charge in [0.15, 0.2) is 12.2 Å². The van der Waals surface area contributed by atoms with Gasteiger partial charge in [-0.15, -0.1) is 0 Å². The molecule has 5 rings (SSSR count). The second-order valence-corrected chi connectivity index (χ2v) is 9.57. The maximum Gasteiger partial charge on any atom is 0.352 e. The van der Waals surface area contributed by atoms with Gasteiger partial charge in [-0.25, -0.2) is 14.4 Å². The minimum atomic E-state index is -1.32. The highest BCUT2D eigenvalue weighted by atomic mass is 16.6. The number of hydrogen-bond donors (Lipinski definition) is 3. The predicted molar refractivity (Wildman–Crippen MR) is 119 cm³/mol. The number of piperidine rings is 1. The van der Waals surface area contributed by atoms with Gasteiger partial charge in [-0.05, 0) is 45.0 Å². The van der Waals surface area contributed by atoms with Crippen LogP contribution >= 0.6 is 0 Å². The number of aliphatic hydroxyl groups is 2. The molecule has 10 heteroatoms. The van der Waals surface area contributed by atoms with Crippen LogP contribution < -0.4 is 4.74 Å². The molecule has 2 aliphatic carbocycles. The van der Waals surface area contributed by atoms with Crippen molar-refractivity contribution in [2.24, 2.45) is 0 Å². The molecule has 10 nitrogen and oxygen atoms in total. The average molecular weight is 485 g/mol. The highest BCUT2D eigenvalue weighted by Crippen LogP contribution is 2.64. The third-order valence-electron chi connectivity index (χ3n) is 7.83. The van der Waals surface area contributed by atoms with E-state index in [0.717, 1.165) is 11.1 Å². The van der Waals surface area contributed by atoms with E-state index >= 15 is 0 Å². The Kier molecular flexibility index (Phi) is 5.50. The van der Waals surface area contributed by atoms with Crippen LogP contribution in [0.2, 0.25) is 0 Å². The molecule has 0 saturated carbocycles. The van der Waals surface area contributed by atoms with Crippen LogP contribution in [0.5, 0.6) is 5.75 Å². The van der Waals surface area contributed by atoms with Crippen LogP contribution in [0.15, 0.2) is 36.1 Å². The van der Waals surface area contributed by atoms with Gasteiger partial charge in [-0.1, -0.05) is 12.1 Å². The lowest BCUT2D eigenvalue weighted by atomic mass is 9.50. The van der Waals surface area contributed by atoms with Crippen LogP contribution in [0.3, 0.4) is 0 Å². The van der Waals surface area contributed by atoms with Gasteiger partial charge in [0.05, 0.1) is 17.6 Å². The van der Waals surface area contributed by atoms with Crippen LogP contribution in [0.1, 0.15) is 36.5 Å². The molecule has 5 atom stereocenters. The smallest absolute Gasteiger partial charge is 0.352 e. The fourth-order valence-electron chi connectivity index (χ4n) is 6.23. The highest BCUT2D eigenvalue weighted by Gasteiger charge is 2.71. The number of likely N-dealkylation sites (N-methyl/N-ethyl adjacent to an activating group) is 1. The largest absolute Gasteiger partial charge is 0.481 e. The van der Waals surface area contributed by atoms with E-state index in [0.29, 0.717) is 42.9 Å². The molecule has 2 bridgehead atoms. The Morgan fingerprint density at radius 3 is 2.80 bits per heavy atom. The van der Waals surface area contributed by atoms with Crippen molar-refractivity contribution in [3.05, 3.63) is 52.8 Å². The predicted octanol–water partition coefficient (Wildman–Crippen LogP) is 0.572. The molecule has 0 aromatic heterocycles. The summed E-state index contributed by atoms with van der Waals surface area (Å²) in [6.45, 7) is 1.80. The number of likely N-dealkylation sites (tertiary alicyclic amines) is 1. The molecule has 1 fully saturated rings. The van der Waals surface area contributed by atoms with E-state index in [4.69, 9.17) is 19.3 Å². The number of nitrogens with zero attached hydrogens (tertiary/aromatic N) is 1. The number of carbonyl (C=O) groups excluding carboxylic acids is 2. The van der Waals surface area contributed by atoms with Crippen molar-refractivity contribution in [3.63, 3.8) is 0 Å². The summed E-state index contributed by atoms with van der Waals surface area (Å²) < 4.78 is 17.0. The molecule has 4 aliphatic rings. The average Bonchev–Trinajstić information content (AvgIpc) is 3.17. The fourth-order valence-corrected chi connectivity index (χ4v) is 6.23. The molecule has 1 saturated heterocycles. The molecule has 3 N–H and O–H groups in total. The number of benzene rings is 1. The van der Waals surface area contributed by atoms with E-state index in [1.165, 1.54) is 6.92 Å². The summed E-state index contributed by atoms with van der Waals surface area (Å²) in [7, 11) is 1.99. The molecule has 1 aromatic carbocycles. The van der Waals surface area contributed by atoms with Crippen LogP contribution in [0, 0.1) is 0 Å². The van der Waals surface area contributed by atoms with Gasteiger partial charge < -0.3 is 34.4 Å². The molecule has 0 radical (unpaired) electrons. The molecule has 1 aromatic rings. The number of carboxylic acid groups (broad SMARTS) is 1. The Labute approximate surface area is 201 Å². The molecular weight excluding hydrogens is 458 g/mol. The maximum atomic E-state index is 12.8. The second-order valence-electron chi connectivity index (χ2n) is 9.57. The Bertz CT molecular complexity index is 1170. The zero-order valence-corrected chi connectivity index (χ0v) is 19.4. The minimum Gasteiger partial charge on any atom is -0.481 e. The second kappa shape index (κ2) is 8.18. The summed E-state index contributed by atoms with van der Waals surface area (Å²) in [4.78, 5) is 37.3. The number of ether oxygens (including phenoxy) is 3. The van der Waals surface area contributed by atoms with Crippen LogP contribution in [0.25, 0.3) is 0 Å². The number of aliphatic carboxylic acids is 1. The molecule has 2 aliphatic heterocycles. The molecule has 2 heterocycles. The van der Waals surface area contributed by atoms with Crippen LogP contribution in [-0.2, 0) is 42.3 Å². The Balaban J connectivity index is 1.48. The quantitative estimate of drug-likeness (QED) is 0.387. The van der Waals surface area contributed by atoms with Crippen LogP contribution in [-0.4, -0.2) is 75.6 Å². The monoisotopic (exact) mass is 485 g/mol. The molecule has 35 heavy (non-hydrogen) atoms. The summed E-state index contributed by atoms with van der Waals surface area (Å²) in [6, 6.07) is 3.64. The highest BCUT2D eigenvalue weighted by molar-refractivity contribution is 5.92. The lowest BCUT2D eigenvalue weighted by Gasteiger charge is -2.61. The first kappa shape index (κ1) is 23.5. The molecule has 0 amide bonds. The zero-order valence-electron chi connectivity index (χ0n) is 19.4. The first-order chi connectivity index (χ1) is 16.6. The van der Waals surface area contributed by atoms with Gasteiger partial charge in [0.1, 0.15) is 11.5 Å². The van der Waals surface area contributed by atoms with Gasteiger partial charge in [0.2, 0.25) is 0 Å². The lowest BCUT2D eigenvalue weighted by Crippen LogP contribution is -2.74. The van der Waals surface area contributed by atoms with E-state index < -0.39 is 41.1 Å². The topological polar surface area (TPSA) is 143 Å². The summed E-state index contributed by atoms with van der Waals surface area (Å²) in [5.41, 5.74) is 0.506. The fraction of sp³-hybridized carbons (Fsp3) is 0.480. The van der Waals surface area contributed by atoms with Gasteiger partial charge in [0, 0.05) is 35.7 Å². The van der Waals surface area contributed by atoms with Crippen molar-refractivity contribution < 1.29 is 43.9 Å². The summed E-state index contributed by atoms with van der Waals surface area (Å²) in [5, 5.41) is 30.7. The third kappa shape index (κ3) is 3.31. The SMILES string of the molecule is C[C@H](OC(=O)/C=C/C(=O)O)C(=O)OC1=CC[C@@]2(O)[C@H]3Cc4ccc(CO)c5c4C2(CCN3C)C1O5. The normalized spacial score (nSPS) is 31.3. The number of carbonyl (C=O) groups is 3. The number of esters is 2. The summed E-state index contributed by atoms with van der Waals surface area (Å²) in [5.74, 6) is -2.41. The van der Waals surface area contributed by atoms with Gasteiger partial charge in [-0.3, -0.25) is 0 Å². The number of carboxylic acids is 1. The molecule has 2 unspecified atom stereocenters. The number of aliphatic hydroxyl groups excluding tert-OH is 1. The van der Waals surface area contributed by atoms with Gasteiger partial charge >= 0.3 is 17.9 Å². The minimum absolute atomic E-state index is 0.157. The van der Waals surface area contributed by atoms with E-state index in [1.54, 1.807) is 6.08 Å². The Morgan fingerprint density at radius 2 is 2.09 bits per heavy atom. The Morgan fingerprint density at radius 1 is 1.31 bits per heavy atom. The van der Waals surface area contributed by atoms with Gasteiger partial charge in [-0.2, -0.15) is 0 Å². The number of hydrogen-bond acceptors (Lipinski definition) is 9. The first-order valence-corrected chi connectivity index (χ1v) is 11.5. The first-order valence-electron chi connectivity index (χ1n) is 11.5. The third-order valence-corrected chi connectivity index (χ3v) is 7.83. The van der Waals surface area contributed by atoms with E-state index in [-0.39, 0.29) is 24.8 Å². The van der Waals surface area contributed by atoms with Crippen LogP contribution in [0.4, 0.5) is 0 Å². The summed E-state index contributed by atoms with van der Waals surface area (Å²) in [6.07, 6.45) is 2.32. The van der Waals surface area contributed by atoms with Gasteiger partial charge in [0.25, 0.3) is 0 Å². The van der Waals surface area contributed by atoms with E-state index in [2.05, 4.69) is 4.90 Å². The standard InChI is InChI=1S/C25H27NO9/c1-13(33-19(30)6-5-18(28)29)23(31)34-16-7-8-25(32)17-11-14-3-4-15(12-27)21-20(14)24(25,22(16)35-21)9-10-26(17)2/h3-7,13,17,22,27,32H,8-12H2,1-2H3,(H,28,29)/b6-5+/t13-,17+,22?,24?,25+/m0/s1. The number of rotatable bonds is 6. The maximum absolute atomic E-state index is 12.8.